The summed E-state index contributed by atoms with van der Waals surface area (Å²) < 4.78 is 3.87. The second kappa shape index (κ2) is 4.33. The molecule has 0 unspecified atom stereocenters. The third kappa shape index (κ3) is 1.63. The summed E-state index contributed by atoms with van der Waals surface area (Å²) in [6, 6.07) is 12.0. The van der Waals surface area contributed by atoms with Crippen molar-refractivity contribution in [3.8, 4) is 0 Å². The lowest BCUT2D eigenvalue weighted by atomic mass is 10.1. The maximum atomic E-state index is 11.9. The molecule has 2 heterocycles. The molecular formula is C15H16N2O. The number of hydrogen-bond donors (Lipinski definition) is 0. The molecular weight excluding hydrogens is 224 g/mol. The number of rotatable bonds is 3. The lowest BCUT2D eigenvalue weighted by Crippen LogP contribution is -2.17. The second-order valence-electron chi connectivity index (χ2n) is 4.57. The van der Waals surface area contributed by atoms with Gasteiger partial charge in [-0.1, -0.05) is 43.7 Å². The summed E-state index contributed by atoms with van der Waals surface area (Å²) in [6.07, 6.45) is 4.10. The van der Waals surface area contributed by atoms with E-state index in [9.17, 15) is 4.79 Å². The Kier molecular flexibility index (Phi) is 2.67. The number of fused-ring (bicyclic) bond motifs is 1. The second-order valence-corrected chi connectivity index (χ2v) is 4.57. The lowest BCUT2D eigenvalue weighted by Gasteiger charge is -2.11. The Labute approximate surface area is 106 Å². The van der Waals surface area contributed by atoms with Crippen molar-refractivity contribution in [2.24, 2.45) is 0 Å². The first-order chi connectivity index (χ1) is 8.81. The van der Waals surface area contributed by atoms with Gasteiger partial charge < -0.3 is 0 Å². The first kappa shape index (κ1) is 11.1. The van der Waals surface area contributed by atoms with Crippen LogP contribution in [0.3, 0.4) is 0 Å². The first-order valence-electron chi connectivity index (χ1n) is 6.39. The van der Waals surface area contributed by atoms with Gasteiger partial charge >= 0.3 is 0 Å². The van der Waals surface area contributed by atoms with Crippen molar-refractivity contribution in [3.63, 3.8) is 0 Å². The van der Waals surface area contributed by atoms with E-state index in [4.69, 9.17) is 0 Å². The van der Waals surface area contributed by atoms with E-state index in [0.717, 1.165) is 29.8 Å². The molecule has 0 atom stereocenters. The van der Waals surface area contributed by atoms with Gasteiger partial charge in [0.05, 0.1) is 12.2 Å². The van der Waals surface area contributed by atoms with Crippen LogP contribution in [0.4, 0.5) is 0 Å². The topological polar surface area (TPSA) is 26.9 Å². The molecule has 3 rings (SSSR count). The zero-order chi connectivity index (χ0) is 12.5. The molecule has 0 saturated heterocycles. The predicted octanol–water partition coefficient (Wildman–Crippen LogP) is 2.51. The smallest absolute Gasteiger partial charge is 0.267 e. The quantitative estimate of drug-likeness (QED) is 0.809. The Morgan fingerprint density at radius 1 is 1.22 bits per heavy atom. The van der Waals surface area contributed by atoms with Crippen LogP contribution in [0.5, 0.6) is 0 Å². The fourth-order valence-electron chi connectivity index (χ4n) is 2.53. The van der Waals surface area contributed by atoms with Crippen LogP contribution in [0.1, 0.15) is 24.6 Å². The van der Waals surface area contributed by atoms with E-state index >= 15 is 0 Å². The van der Waals surface area contributed by atoms with Crippen LogP contribution in [0.15, 0.2) is 47.3 Å². The van der Waals surface area contributed by atoms with E-state index in [2.05, 4.69) is 29.8 Å². The zero-order valence-electron chi connectivity index (χ0n) is 10.5. The largest absolute Gasteiger partial charge is 0.268 e. The minimum absolute atomic E-state index is 0.0978. The Bertz CT molecular complexity index is 647. The minimum Gasteiger partial charge on any atom is -0.268 e. The van der Waals surface area contributed by atoms with Crippen LogP contribution in [0.25, 0.3) is 5.70 Å². The zero-order valence-corrected chi connectivity index (χ0v) is 10.5. The van der Waals surface area contributed by atoms with Crippen molar-refractivity contribution in [2.45, 2.75) is 26.3 Å². The van der Waals surface area contributed by atoms with E-state index in [1.807, 2.05) is 18.2 Å². The number of allylic oxidation sites excluding steroid dienone is 1. The highest BCUT2D eigenvalue weighted by molar-refractivity contribution is 5.67. The Morgan fingerprint density at radius 3 is 2.72 bits per heavy atom. The van der Waals surface area contributed by atoms with Gasteiger partial charge in [-0.15, -0.1) is 0 Å². The van der Waals surface area contributed by atoms with Crippen LogP contribution in [0.2, 0.25) is 0 Å². The average Bonchev–Trinajstić information content (AvgIpc) is 2.94. The molecule has 92 valence electrons. The Morgan fingerprint density at radius 2 is 2.00 bits per heavy atom. The Hall–Kier alpha value is -2.03. The van der Waals surface area contributed by atoms with E-state index < -0.39 is 0 Å². The molecule has 1 aromatic carbocycles. The molecule has 18 heavy (non-hydrogen) atoms. The third-order valence-corrected chi connectivity index (χ3v) is 3.32. The van der Waals surface area contributed by atoms with Gasteiger partial charge in [0.2, 0.25) is 0 Å². The van der Waals surface area contributed by atoms with Crippen molar-refractivity contribution < 1.29 is 0 Å². The van der Waals surface area contributed by atoms with Crippen LogP contribution in [-0.4, -0.2) is 9.36 Å². The summed E-state index contributed by atoms with van der Waals surface area (Å²) in [5.74, 6) is 0. The van der Waals surface area contributed by atoms with Gasteiger partial charge in [0, 0.05) is 11.8 Å². The van der Waals surface area contributed by atoms with Crippen LogP contribution >= 0.6 is 0 Å². The molecule has 0 aliphatic carbocycles. The number of aromatic nitrogens is 2. The highest BCUT2D eigenvalue weighted by Crippen LogP contribution is 2.23. The number of benzene rings is 1. The molecule has 0 amide bonds. The SMILES string of the molecule is CCCc1cc(=O)n2n1C(c1ccccc1)=CC2. The molecule has 3 heteroatoms. The van der Waals surface area contributed by atoms with Crippen molar-refractivity contribution in [1.29, 1.82) is 0 Å². The van der Waals surface area contributed by atoms with Crippen molar-refractivity contribution in [2.75, 3.05) is 0 Å². The Balaban J connectivity index is 2.12. The molecule has 0 spiro atoms. The van der Waals surface area contributed by atoms with Gasteiger partial charge in [-0.05, 0) is 18.1 Å². The third-order valence-electron chi connectivity index (χ3n) is 3.32. The van der Waals surface area contributed by atoms with Gasteiger partial charge in [0.25, 0.3) is 5.56 Å². The van der Waals surface area contributed by atoms with E-state index in [0.29, 0.717) is 6.54 Å². The highest BCUT2D eigenvalue weighted by Gasteiger charge is 2.19. The average molecular weight is 240 g/mol. The first-order valence-corrected chi connectivity index (χ1v) is 6.39. The summed E-state index contributed by atoms with van der Waals surface area (Å²) in [4.78, 5) is 11.9. The van der Waals surface area contributed by atoms with Gasteiger partial charge in [0.15, 0.2) is 0 Å². The van der Waals surface area contributed by atoms with E-state index in [1.165, 1.54) is 0 Å². The summed E-state index contributed by atoms with van der Waals surface area (Å²) in [5.41, 5.74) is 3.49. The van der Waals surface area contributed by atoms with Gasteiger partial charge in [-0.2, -0.15) is 0 Å². The maximum absolute atomic E-state index is 11.9. The normalized spacial score (nSPS) is 13.5. The number of hydrogen-bond acceptors (Lipinski definition) is 1. The standard InChI is InChI=1S/C15H16N2O/c1-2-6-13-11-15(18)16-10-9-14(17(13)16)12-7-4-3-5-8-12/h3-5,7-9,11H,2,6,10H2,1H3. The van der Waals surface area contributed by atoms with Crippen LogP contribution in [0, 0.1) is 0 Å². The van der Waals surface area contributed by atoms with Crippen molar-refractivity contribution >= 4 is 5.70 Å². The molecule has 0 bridgehead atoms. The molecule has 0 fully saturated rings. The summed E-state index contributed by atoms with van der Waals surface area (Å²) in [5, 5.41) is 0. The van der Waals surface area contributed by atoms with Crippen LogP contribution < -0.4 is 5.56 Å². The van der Waals surface area contributed by atoms with Crippen molar-refractivity contribution in [1.82, 2.24) is 9.36 Å². The minimum atomic E-state index is 0.0978. The molecule has 1 aliphatic rings. The molecule has 2 aromatic rings. The van der Waals surface area contributed by atoms with Gasteiger partial charge in [0.1, 0.15) is 0 Å². The molecule has 0 radical (unpaired) electrons. The fourth-order valence-corrected chi connectivity index (χ4v) is 2.53. The summed E-state index contributed by atoms with van der Waals surface area (Å²) in [7, 11) is 0. The number of aryl methyl sites for hydroxylation is 1. The van der Waals surface area contributed by atoms with Crippen molar-refractivity contribution in [3.05, 3.63) is 64.1 Å². The van der Waals surface area contributed by atoms with Crippen LogP contribution in [-0.2, 0) is 13.0 Å². The van der Waals surface area contributed by atoms with E-state index in [1.54, 1.807) is 10.7 Å². The molecule has 0 saturated carbocycles. The maximum Gasteiger partial charge on any atom is 0.267 e. The van der Waals surface area contributed by atoms with E-state index in [-0.39, 0.29) is 5.56 Å². The number of nitrogens with zero attached hydrogens (tertiary/aromatic N) is 2. The summed E-state index contributed by atoms with van der Waals surface area (Å²) >= 11 is 0. The predicted molar refractivity (Wildman–Crippen MR) is 72.5 cm³/mol. The monoisotopic (exact) mass is 240 g/mol. The lowest BCUT2D eigenvalue weighted by molar-refractivity contribution is 0.619. The fraction of sp³-hybridized carbons (Fsp3) is 0.267. The molecule has 3 nitrogen and oxygen atoms in total. The summed E-state index contributed by atoms with van der Waals surface area (Å²) in [6.45, 7) is 2.81. The molecule has 1 aliphatic heterocycles. The molecule has 1 aromatic heterocycles. The van der Waals surface area contributed by atoms with Gasteiger partial charge in [-0.25, -0.2) is 4.68 Å². The van der Waals surface area contributed by atoms with Gasteiger partial charge in [-0.3, -0.25) is 9.48 Å². The molecule has 0 N–H and O–H groups in total. The highest BCUT2D eigenvalue weighted by atomic mass is 16.1.